The van der Waals surface area contributed by atoms with E-state index in [0.717, 1.165) is 4.31 Å². The highest BCUT2D eigenvalue weighted by molar-refractivity contribution is 7.94. The zero-order chi connectivity index (χ0) is 14.8. The lowest BCUT2D eigenvalue weighted by molar-refractivity contribution is 0.318. The van der Waals surface area contributed by atoms with Gasteiger partial charge < -0.3 is 10.9 Å². The number of oxime groups is 1. The molecule has 0 spiro atoms. The Hall–Kier alpha value is -1.76. The zero-order valence-corrected chi connectivity index (χ0v) is 12.3. The molecule has 0 amide bonds. The molecule has 6 nitrogen and oxygen atoms in total. The highest BCUT2D eigenvalue weighted by Gasteiger charge is 2.34. The molecule has 0 fully saturated rings. The monoisotopic (exact) mass is 285 g/mol. The first kappa shape index (κ1) is 15.3. The van der Waals surface area contributed by atoms with Crippen molar-refractivity contribution in [3.05, 3.63) is 29.8 Å². The molecule has 3 N–H and O–H groups in total. The lowest BCUT2D eigenvalue weighted by Crippen LogP contribution is -2.41. The van der Waals surface area contributed by atoms with Gasteiger partial charge in [-0.3, -0.25) is 4.31 Å². The normalized spacial score (nSPS) is 13.4. The van der Waals surface area contributed by atoms with Crippen molar-refractivity contribution in [2.45, 2.75) is 25.5 Å². The number of sulfonamides is 1. The van der Waals surface area contributed by atoms with Crippen LogP contribution >= 0.6 is 0 Å². The Labute approximate surface area is 113 Å². The van der Waals surface area contributed by atoms with Gasteiger partial charge in [0.05, 0.1) is 10.4 Å². The van der Waals surface area contributed by atoms with Crippen LogP contribution in [-0.4, -0.2) is 31.3 Å². The second-order valence-corrected chi connectivity index (χ2v) is 7.81. The number of anilines is 1. The van der Waals surface area contributed by atoms with Gasteiger partial charge in [-0.15, -0.1) is 0 Å². The van der Waals surface area contributed by atoms with Gasteiger partial charge >= 0.3 is 0 Å². The molecule has 0 saturated heterocycles. The molecule has 106 valence electrons. The summed E-state index contributed by atoms with van der Waals surface area (Å²) in [6.45, 7) is 4.85. The maximum absolute atomic E-state index is 12.4. The van der Waals surface area contributed by atoms with Crippen LogP contribution in [0, 0.1) is 0 Å². The number of benzene rings is 1. The lowest BCUT2D eigenvalue weighted by Gasteiger charge is -2.29. The first-order valence-electron chi connectivity index (χ1n) is 5.68. The number of rotatable bonds is 3. The number of para-hydroxylation sites is 1. The minimum absolute atomic E-state index is 0.133. The van der Waals surface area contributed by atoms with Gasteiger partial charge in [0.1, 0.15) is 0 Å². The van der Waals surface area contributed by atoms with Gasteiger partial charge in [-0.25, -0.2) is 8.42 Å². The fourth-order valence-corrected chi connectivity index (χ4v) is 2.80. The minimum atomic E-state index is -3.55. The van der Waals surface area contributed by atoms with E-state index in [-0.39, 0.29) is 5.84 Å². The van der Waals surface area contributed by atoms with E-state index in [1.807, 2.05) is 0 Å². The molecular formula is C12H19N3O3S. The van der Waals surface area contributed by atoms with Crippen LogP contribution in [-0.2, 0) is 10.0 Å². The maximum Gasteiger partial charge on any atom is 0.239 e. The second kappa shape index (κ2) is 5.08. The van der Waals surface area contributed by atoms with Crippen molar-refractivity contribution in [1.82, 2.24) is 0 Å². The Morgan fingerprint density at radius 1 is 1.32 bits per heavy atom. The number of nitrogens with two attached hydrogens (primary N) is 1. The fourth-order valence-electron chi connectivity index (χ4n) is 1.56. The molecule has 0 unspecified atom stereocenters. The summed E-state index contributed by atoms with van der Waals surface area (Å²) in [6, 6.07) is 6.59. The first-order chi connectivity index (χ1) is 8.63. The number of hydrogen-bond acceptors (Lipinski definition) is 4. The molecule has 1 aromatic carbocycles. The second-order valence-electron chi connectivity index (χ2n) is 5.09. The van der Waals surface area contributed by atoms with Crippen molar-refractivity contribution in [2.24, 2.45) is 10.9 Å². The van der Waals surface area contributed by atoms with Gasteiger partial charge in [-0.2, -0.15) is 0 Å². The highest BCUT2D eigenvalue weighted by Crippen LogP contribution is 2.27. The summed E-state index contributed by atoms with van der Waals surface area (Å²) in [6.07, 6.45) is 0. The van der Waals surface area contributed by atoms with Crippen LogP contribution in [0.2, 0.25) is 0 Å². The van der Waals surface area contributed by atoms with E-state index in [1.54, 1.807) is 45.0 Å². The SMILES string of the molecule is CN(c1ccccc1C(N)=NO)S(=O)(=O)C(C)(C)C. The molecule has 0 radical (unpaired) electrons. The molecule has 0 heterocycles. The first-order valence-corrected chi connectivity index (χ1v) is 7.12. The largest absolute Gasteiger partial charge is 0.409 e. The van der Waals surface area contributed by atoms with Crippen LogP contribution < -0.4 is 10.0 Å². The fraction of sp³-hybridized carbons (Fsp3) is 0.417. The smallest absolute Gasteiger partial charge is 0.239 e. The van der Waals surface area contributed by atoms with E-state index in [4.69, 9.17) is 10.9 Å². The van der Waals surface area contributed by atoms with E-state index in [1.165, 1.54) is 7.05 Å². The molecule has 1 aromatic rings. The van der Waals surface area contributed by atoms with Crippen molar-refractivity contribution < 1.29 is 13.6 Å². The summed E-state index contributed by atoms with van der Waals surface area (Å²) in [5, 5.41) is 11.7. The van der Waals surface area contributed by atoms with Gasteiger partial charge in [0.2, 0.25) is 10.0 Å². The van der Waals surface area contributed by atoms with Crippen LogP contribution in [0.25, 0.3) is 0 Å². The molecule has 1 rings (SSSR count). The van der Waals surface area contributed by atoms with Gasteiger partial charge in [0.15, 0.2) is 5.84 Å². The summed E-state index contributed by atoms with van der Waals surface area (Å²) < 4.78 is 25.0. The Morgan fingerprint density at radius 2 is 1.84 bits per heavy atom. The predicted octanol–water partition coefficient (Wildman–Crippen LogP) is 1.35. The summed E-state index contributed by atoms with van der Waals surface area (Å²) in [4.78, 5) is 0. The van der Waals surface area contributed by atoms with Crippen molar-refractivity contribution >= 4 is 21.5 Å². The molecule has 0 saturated carbocycles. The minimum Gasteiger partial charge on any atom is -0.409 e. The van der Waals surface area contributed by atoms with Crippen LogP contribution in [0.4, 0.5) is 5.69 Å². The van der Waals surface area contributed by atoms with Crippen molar-refractivity contribution in [1.29, 1.82) is 0 Å². The van der Waals surface area contributed by atoms with Crippen LogP contribution in [0.5, 0.6) is 0 Å². The quantitative estimate of drug-likeness (QED) is 0.379. The molecule has 0 aliphatic rings. The van der Waals surface area contributed by atoms with E-state index >= 15 is 0 Å². The number of hydrogen-bond donors (Lipinski definition) is 2. The Bertz CT molecular complexity index is 588. The molecule has 0 aliphatic heterocycles. The van der Waals surface area contributed by atoms with Gasteiger partial charge in [0.25, 0.3) is 0 Å². The number of amidine groups is 1. The van der Waals surface area contributed by atoms with E-state index in [9.17, 15) is 8.42 Å². The topological polar surface area (TPSA) is 96.0 Å². The Balaban J connectivity index is 3.41. The predicted molar refractivity (Wildman–Crippen MR) is 76.0 cm³/mol. The summed E-state index contributed by atoms with van der Waals surface area (Å²) in [5.74, 6) is -0.133. The molecule has 0 atom stereocenters. The Morgan fingerprint density at radius 3 is 2.32 bits per heavy atom. The molecule has 0 aliphatic carbocycles. The standard InChI is InChI=1S/C12H19N3O3S/c1-12(2,3)19(17,18)15(4)10-8-6-5-7-9(10)11(13)14-16/h5-8,16H,1-4H3,(H2,13,14). The summed E-state index contributed by atoms with van der Waals surface area (Å²) in [5.41, 5.74) is 6.29. The summed E-state index contributed by atoms with van der Waals surface area (Å²) in [7, 11) is -2.10. The van der Waals surface area contributed by atoms with Gasteiger partial charge in [-0.05, 0) is 32.9 Å². The summed E-state index contributed by atoms with van der Waals surface area (Å²) >= 11 is 0. The average molecular weight is 285 g/mol. The van der Waals surface area contributed by atoms with Crippen LogP contribution in [0.15, 0.2) is 29.4 Å². The number of nitrogens with zero attached hydrogens (tertiary/aromatic N) is 2. The van der Waals surface area contributed by atoms with Gasteiger partial charge in [0, 0.05) is 12.6 Å². The zero-order valence-electron chi connectivity index (χ0n) is 11.5. The van der Waals surface area contributed by atoms with Crippen molar-refractivity contribution in [3.8, 4) is 0 Å². The van der Waals surface area contributed by atoms with Gasteiger partial charge in [-0.1, -0.05) is 17.3 Å². The van der Waals surface area contributed by atoms with E-state index in [0.29, 0.717) is 11.3 Å². The third kappa shape index (κ3) is 2.81. The maximum atomic E-state index is 12.4. The average Bonchev–Trinajstić information content (AvgIpc) is 2.35. The van der Waals surface area contributed by atoms with E-state index in [2.05, 4.69) is 5.16 Å². The molecule has 0 bridgehead atoms. The van der Waals surface area contributed by atoms with Crippen LogP contribution in [0.1, 0.15) is 26.3 Å². The highest BCUT2D eigenvalue weighted by atomic mass is 32.2. The molecule has 19 heavy (non-hydrogen) atoms. The molecular weight excluding hydrogens is 266 g/mol. The molecule has 7 heteroatoms. The third-order valence-electron chi connectivity index (χ3n) is 2.76. The van der Waals surface area contributed by atoms with Crippen LogP contribution in [0.3, 0.4) is 0 Å². The van der Waals surface area contributed by atoms with Crippen molar-refractivity contribution in [3.63, 3.8) is 0 Å². The van der Waals surface area contributed by atoms with Crippen molar-refractivity contribution in [2.75, 3.05) is 11.4 Å². The third-order valence-corrected chi connectivity index (χ3v) is 5.23. The Kier molecular flexibility index (Phi) is 4.09. The van der Waals surface area contributed by atoms with E-state index < -0.39 is 14.8 Å². The molecule has 0 aromatic heterocycles. The lowest BCUT2D eigenvalue weighted by atomic mass is 10.1.